The molecular weight excluding hydrogens is 278 g/mol. The molecule has 1 aromatic carbocycles. The van der Waals surface area contributed by atoms with Gasteiger partial charge in [0.05, 0.1) is 12.0 Å². The molecule has 0 amide bonds. The minimum atomic E-state index is -0.644. The third-order valence-electron chi connectivity index (χ3n) is 2.59. The molecule has 1 aromatic heterocycles. The van der Waals surface area contributed by atoms with E-state index in [1.807, 2.05) is 0 Å². The van der Waals surface area contributed by atoms with Crippen molar-refractivity contribution in [2.24, 2.45) is 0 Å². The first-order valence-corrected chi connectivity index (χ1v) is 5.78. The number of benzene rings is 1. The molecule has 0 spiro atoms. The first kappa shape index (κ1) is 14.3. The highest BCUT2D eigenvalue weighted by Gasteiger charge is 2.16. The van der Waals surface area contributed by atoms with Crippen molar-refractivity contribution >= 4 is 17.3 Å². The number of anilines is 1. The molecule has 1 heterocycles. The fourth-order valence-corrected chi connectivity index (χ4v) is 1.60. The number of para-hydroxylation sites is 1. The SMILES string of the molecule is COC(=O)c1ccccc1Oc1cc(N)c([N+](=O)[O-])cn1. The largest absolute Gasteiger partial charge is 0.465 e. The first-order valence-electron chi connectivity index (χ1n) is 5.78. The summed E-state index contributed by atoms with van der Waals surface area (Å²) in [4.78, 5) is 25.4. The molecule has 8 heteroatoms. The van der Waals surface area contributed by atoms with Gasteiger partial charge in [0, 0.05) is 6.07 Å². The van der Waals surface area contributed by atoms with Crippen LogP contribution in [0.15, 0.2) is 36.5 Å². The van der Waals surface area contributed by atoms with Crippen molar-refractivity contribution in [1.29, 1.82) is 0 Å². The van der Waals surface area contributed by atoms with Gasteiger partial charge in [-0.3, -0.25) is 10.1 Å². The molecule has 0 aliphatic heterocycles. The van der Waals surface area contributed by atoms with E-state index in [-0.39, 0.29) is 28.6 Å². The Bertz CT molecular complexity index is 702. The number of hydrogen-bond acceptors (Lipinski definition) is 7. The number of aromatic nitrogens is 1. The molecule has 0 saturated carbocycles. The Balaban J connectivity index is 2.33. The number of nitrogens with zero attached hydrogens (tertiary/aromatic N) is 2. The minimum absolute atomic E-state index is 0.0365. The van der Waals surface area contributed by atoms with Gasteiger partial charge in [0.25, 0.3) is 0 Å². The van der Waals surface area contributed by atoms with Crippen molar-refractivity contribution in [1.82, 2.24) is 4.98 Å². The van der Waals surface area contributed by atoms with Gasteiger partial charge in [-0.2, -0.15) is 0 Å². The van der Waals surface area contributed by atoms with Crippen molar-refractivity contribution < 1.29 is 19.2 Å². The molecule has 0 unspecified atom stereocenters. The lowest BCUT2D eigenvalue weighted by Gasteiger charge is -2.09. The summed E-state index contributed by atoms with van der Waals surface area (Å²) in [6, 6.07) is 7.60. The van der Waals surface area contributed by atoms with E-state index in [0.29, 0.717) is 0 Å². The Morgan fingerprint density at radius 2 is 2.10 bits per heavy atom. The molecule has 0 aliphatic carbocycles. The van der Waals surface area contributed by atoms with Gasteiger partial charge in [0.2, 0.25) is 5.88 Å². The molecule has 0 atom stereocenters. The third-order valence-corrected chi connectivity index (χ3v) is 2.59. The number of pyridine rings is 1. The van der Waals surface area contributed by atoms with Crippen LogP contribution in [0.4, 0.5) is 11.4 Å². The second-order valence-corrected chi connectivity index (χ2v) is 3.93. The number of hydrogen-bond donors (Lipinski definition) is 1. The van der Waals surface area contributed by atoms with Crippen molar-refractivity contribution in [2.75, 3.05) is 12.8 Å². The zero-order valence-electron chi connectivity index (χ0n) is 11.0. The number of nitrogens with two attached hydrogens (primary N) is 1. The maximum atomic E-state index is 11.6. The third kappa shape index (κ3) is 3.06. The summed E-state index contributed by atoms with van der Waals surface area (Å²) in [7, 11) is 1.25. The highest BCUT2D eigenvalue weighted by Crippen LogP contribution is 2.28. The topological polar surface area (TPSA) is 118 Å². The van der Waals surface area contributed by atoms with E-state index in [1.54, 1.807) is 18.2 Å². The molecular formula is C13H11N3O5. The summed E-state index contributed by atoms with van der Waals surface area (Å²) in [6.07, 6.45) is 0.991. The predicted octanol–water partition coefficient (Wildman–Crippen LogP) is 2.15. The summed E-state index contributed by atoms with van der Waals surface area (Å²) in [5, 5.41) is 10.7. The van der Waals surface area contributed by atoms with E-state index in [0.717, 1.165) is 6.20 Å². The Labute approximate surface area is 119 Å². The highest BCUT2D eigenvalue weighted by molar-refractivity contribution is 5.92. The summed E-state index contributed by atoms with van der Waals surface area (Å²) in [6.45, 7) is 0. The second kappa shape index (κ2) is 5.87. The molecule has 2 rings (SSSR count). The average molecular weight is 289 g/mol. The minimum Gasteiger partial charge on any atom is -0.465 e. The lowest BCUT2D eigenvalue weighted by Crippen LogP contribution is -2.04. The van der Waals surface area contributed by atoms with Gasteiger partial charge in [-0.05, 0) is 12.1 Å². The number of methoxy groups -OCH3 is 1. The zero-order chi connectivity index (χ0) is 15.4. The van der Waals surface area contributed by atoms with Gasteiger partial charge in [-0.15, -0.1) is 0 Å². The maximum absolute atomic E-state index is 11.6. The van der Waals surface area contributed by atoms with Gasteiger partial charge < -0.3 is 15.2 Å². The predicted molar refractivity (Wildman–Crippen MR) is 73.2 cm³/mol. The molecule has 2 N–H and O–H groups in total. The number of rotatable bonds is 4. The Kier molecular flexibility index (Phi) is 3.98. The Morgan fingerprint density at radius 3 is 2.71 bits per heavy atom. The number of nitrogen functional groups attached to an aromatic ring is 1. The van der Waals surface area contributed by atoms with Crippen LogP contribution in [0.1, 0.15) is 10.4 Å². The molecule has 0 saturated heterocycles. The number of carbonyl (C=O) groups excluding carboxylic acids is 1. The number of ether oxygens (including phenoxy) is 2. The zero-order valence-corrected chi connectivity index (χ0v) is 11.0. The summed E-state index contributed by atoms with van der Waals surface area (Å²) in [5.74, 6) is -0.319. The van der Waals surface area contributed by atoms with E-state index < -0.39 is 10.9 Å². The number of carbonyl (C=O) groups is 1. The molecule has 0 aliphatic rings. The number of nitro groups is 1. The lowest BCUT2D eigenvalue weighted by atomic mass is 10.2. The summed E-state index contributed by atoms with van der Waals surface area (Å²) in [5.41, 5.74) is 5.35. The van der Waals surface area contributed by atoms with Crippen molar-refractivity contribution in [3.05, 3.63) is 52.2 Å². The Hall–Kier alpha value is -3.16. The lowest BCUT2D eigenvalue weighted by molar-refractivity contribution is -0.384. The van der Waals surface area contributed by atoms with E-state index in [4.69, 9.17) is 10.5 Å². The van der Waals surface area contributed by atoms with E-state index >= 15 is 0 Å². The molecule has 0 fully saturated rings. The second-order valence-electron chi connectivity index (χ2n) is 3.93. The summed E-state index contributed by atoms with van der Waals surface area (Å²) >= 11 is 0. The molecule has 0 bridgehead atoms. The van der Waals surface area contributed by atoms with Crippen LogP contribution < -0.4 is 10.5 Å². The molecule has 0 radical (unpaired) electrons. The quantitative estimate of drug-likeness (QED) is 0.520. The van der Waals surface area contributed by atoms with Gasteiger partial charge in [0.15, 0.2) is 0 Å². The van der Waals surface area contributed by atoms with Gasteiger partial charge in [-0.25, -0.2) is 9.78 Å². The average Bonchev–Trinajstić information content (AvgIpc) is 2.46. The number of esters is 1. The first-order chi connectivity index (χ1) is 10.0. The van der Waals surface area contributed by atoms with Crippen LogP contribution in [0.2, 0.25) is 0 Å². The maximum Gasteiger partial charge on any atom is 0.341 e. The molecule has 21 heavy (non-hydrogen) atoms. The highest BCUT2D eigenvalue weighted by atomic mass is 16.6. The van der Waals surface area contributed by atoms with Crippen LogP contribution in [0.5, 0.6) is 11.6 Å². The van der Waals surface area contributed by atoms with Crippen LogP contribution in [-0.2, 0) is 4.74 Å². The molecule has 8 nitrogen and oxygen atoms in total. The van der Waals surface area contributed by atoms with Crippen LogP contribution in [0, 0.1) is 10.1 Å². The monoisotopic (exact) mass is 289 g/mol. The van der Waals surface area contributed by atoms with E-state index in [2.05, 4.69) is 9.72 Å². The van der Waals surface area contributed by atoms with Crippen LogP contribution >= 0.6 is 0 Å². The van der Waals surface area contributed by atoms with Crippen LogP contribution in [0.25, 0.3) is 0 Å². The van der Waals surface area contributed by atoms with Crippen LogP contribution in [0.3, 0.4) is 0 Å². The standard InChI is InChI=1S/C13H11N3O5/c1-20-13(17)8-4-2-3-5-11(8)21-12-6-9(14)10(7-15-12)16(18)19/h2-7H,1H3,(H2,14,15). The van der Waals surface area contributed by atoms with Crippen molar-refractivity contribution in [3.63, 3.8) is 0 Å². The summed E-state index contributed by atoms with van der Waals surface area (Å²) < 4.78 is 10.1. The Morgan fingerprint density at radius 1 is 1.38 bits per heavy atom. The van der Waals surface area contributed by atoms with Crippen molar-refractivity contribution in [2.45, 2.75) is 0 Å². The van der Waals surface area contributed by atoms with E-state index in [1.165, 1.54) is 19.2 Å². The van der Waals surface area contributed by atoms with Gasteiger partial charge in [-0.1, -0.05) is 12.1 Å². The fourth-order valence-electron chi connectivity index (χ4n) is 1.60. The van der Waals surface area contributed by atoms with Crippen LogP contribution in [-0.4, -0.2) is 23.0 Å². The normalized spacial score (nSPS) is 9.95. The molecule has 2 aromatic rings. The van der Waals surface area contributed by atoms with Gasteiger partial charge >= 0.3 is 11.7 Å². The smallest absolute Gasteiger partial charge is 0.341 e. The van der Waals surface area contributed by atoms with E-state index in [9.17, 15) is 14.9 Å². The van der Waals surface area contributed by atoms with Gasteiger partial charge in [0.1, 0.15) is 23.2 Å². The van der Waals surface area contributed by atoms with Crippen molar-refractivity contribution in [3.8, 4) is 11.6 Å². The molecule has 108 valence electrons. The fraction of sp³-hybridized carbons (Fsp3) is 0.0769.